The second-order valence-electron chi connectivity index (χ2n) is 4.47. The molecule has 1 heterocycles. The SMILES string of the molecule is COc1cc2cnc(-c3ccc(Cl)cc3)nc2cc1OC. The van der Waals surface area contributed by atoms with Crippen LogP contribution in [0.3, 0.4) is 0 Å². The molecule has 0 N–H and O–H groups in total. The standard InChI is InChI=1S/C16H13ClN2O2/c1-20-14-7-11-9-18-16(10-3-5-12(17)6-4-10)19-13(11)8-15(14)21-2/h3-9H,1-2H3. The van der Waals surface area contributed by atoms with Gasteiger partial charge in [0, 0.05) is 28.2 Å². The highest BCUT2D eigenvalue weighted by atomic mass is 35.5. The molecule has 0 saturated heterocycles. The van der Waals surface area contributed by atoms with E-state index in [4.69, 9.17) is 21.1 Å². The van der Waals surface area contributed by atoms with Crippen molar-refractivity contribution < 1.29 is 9.47 Å². The topological polar surface area (TPSA) is 44.2 Å². The van der Waals surface area contributed by atoms with Crippen LogP contribution in [-0.4, -0.2) is 24.2 Å². The third kappa shape index (κ3) is 2.62. The molecular weight excluding hydrogens is 288 g/mol. The summed E-state index contributed by atoms with van der Waals surface area (Å²) in [6, 6.07) is 11.1. The van der Waals surface area contributed by atoms with Gasteiger partial charge in [0.1, 0.15) is 0 Å². The van der Waals surface area contributed by atoms with Crippen molar-refractivity contribution in [3.8, 4) is 22.9 Å². The lowest BCUT2D eigenvalue weighted by Crippen LogP contribution is -1.94. The number of ether oxygens (including phenoxy) is 2. The molecule has 0 unspecified atom stereocenters. The van der Waals surface area contributed by atoms with Crippen LogP contribution in [0, 0.1) is 0 Å². The van der Waals surface area contributed by atoms with Crippen LogP contribution < -0.4 is 9.47 Å². The lowest BCUT2D eigenvalue weighted by molar-refractivity contribution is 0.356. The van der Waals surface area contributed by atoms with E-state index in [1.165, 1.54) is 0 Å². The fourth-order valence-electron chi connectivity index (χ4n) is 2.10. The first-order valence-electron chi connectivity index (χ1n) is 6.36. The van der Waals surface area contributed by atoms with Crippen LogP contribution in [0.25, 0.3) is 22.3 Å². The van der Waals surface area contributed by atoms with E-state index >= 15 is 0 Å². The van der Waals surface area contributed by atoms with E-state index in [0.717, 1.165) is 16.5 Å². The summed E-state index contributed by atoms with van der Waals surface area (Å²) >= 11 is 5.90. The molecular formula is C16H13ClN2O2. The largest absolute Gasteiger partial charge is 0.493 e. The molecule has 0 spiro atoms. The minimum atomic E-state index is 0.644. The molecule has 0 bridgehead atoms. The number of fused-ring (bicyclic) bond motifs is 1. The zero-order valence-electron chi connectivity index (χ0n) is 11.6. The van der Waals surface area contributed by atoms with Gasteiger partial charge in [-0.05, 0) is 30.3 Å². The van der Waals surface area contributed by atoms with Crippen LogP contribution >= 0.6 is 11.6 Å². The first-order chi connectivity index (χ1) is 10.2. The third-order valence-electron chi connectivity index (χ3n) is 3.19. The van der Waals surface area contributed by atoms with Gasteiger partial charge < -0.3 is 9.47 Å². The zero-order valence-corrected chi connectivity index (χ0v) is 12.4. The molecule has 0 aliphatic rings. The normalized spacial score (nSPS) is 10.6. The lowest BCUT2D eigenvalue weighted by atomic mass is 10.2. The van der Waals surface area contributed by atoms with E-state index in [-0.39, 0.29) is 0 Å². The fourth-order valence-corrected chi connectivity index (χ4v) is 2.22. The second kappa shape index (κ2) is 5.58. The molecule has 0 radical (unpaired) electrons. The van der Waals surface area contributed by atoms with Crippen LogP contribution in [0.15, 0.2) is 42.6 Å². The van der Waals surface area contributed by atoms with Crippen molar-refractivity contribution in [1.82, 2.24) is 9.97 Å². The van der Waals surface area contributed by atoms with Gasteiger partial charge in [-0.15, -0.1) is 0 Å². The molecule has 1 aromatic heterocycles. The predicted molar refractivity (Wildman–Crippen MR) is 83.1 cm³/mol. The number of benzene rings is 2. The monoisotopic (exact) mass is 300 g/mol. The number of hydrogen-bond donors (Lipinski definition) is 0. The van der Waals surface area contributed by atoms with Crippen LogP contribution in [0.2, 0.25) is 5.02 Å². The number of halogens is 1. The van der Waals surface area contributed by atoms with E-state index in [1.54, 1.807) is 20.4 Å². The Morgan fingerprint density at radius 2 is 1.62 bits per heavy atom. The van der Waals surface area contributed by atoms with Gasteiger partial charge in [0.05, 0.1) is 19.7 Å². The Labute approximate surface area is 127 Å². The smallest absolute Gasteiger partial charge is 0.162 e. The zero-order chi connectivity index (χ0) is 14.8. The fraction of sp³-hybridized carbons (Fsp3) is 0.125. The molecule has 106 valence electrons. The highest BCUT2D eigenvalue weighted by Crippen LogP contribution is 2.31. The van der Waals surface area contributed by atoms with Crippen molar-refractivity contribution in [3.05, 3.63) is 47.6 Å². The summed E-state index contributed by atoms with van der Waals surface area (Å²) in [5.41, 5.74) is 1.71. The molecule has 0 fully saturated rings. The summed E-state index contributed by atoms with van der Waals surface area (Å²) in [5, 5.41) is 1.58. The van der Waals surface area contributed by atoms with E-state index in [1.807, 2.05) is 36.4 Å². The van der Waals surface area contributed by atoms with Crippen molar-refractivity contribution in [2.75, 3.05) is 14.2 Å². The molecule has 5 heteroatoms. The van der Waals surface area contributed by atoms with Crippen LogP contribution in [-0.2, 0) is 0 Å². The number of hydrogen-bond acceptors (Lipinski definition) is 4. The van der Waals surface area contributed by atoms with Gasteiger partial charge in [-0.25, -0.2) is 9.97 Å². The lowest BCUT2D eigenvalue weighted by Gasteiger charge is -2.09. The first kappa shape index (κ1) is 13.6. The first-order valence-corrected chi connectivity index (χ1v) is 6.74. The Kier molecular flexibility index (Phi) is 3.62. The van der Waals surface area contributed by atoms with Crippen molar-refractivity contribution >= 4 is 22.5 Å². The van der Waals surface area contributed by atoms with Crippen molar-refractivity contribution in [3.63, 3.8) is 0 Å². The number of methoxy groups -OCH3 is 2. The molecule has 3 rings (SSSR count). The quantitative estimate of drug-likeness (QED) is 0.734. The summed E-state index contributed by atoms with van der Waals surface area (Å²) in [6.45, 7) is 0. The molecule has 0 aliphatic heterocycles. The summed E-state index contributed by atoms with van der Waals surface area (Å²) in [6.07, 6.45) is 1.77. The maximum absolute atomic E-state index is 5.90. The predicted octanol–water partition coefficient (Wildman–Crippen LogP) is 3.97. The maximum atomic E-state index is 5.90. The Morgan fingerprint density at radius 3 is 2.29 bits per heavy atom. The van der Waals surface area contributed by atoms with Crippen molar-refractivity contribution in [1.29, 1.82) is 0 Å². The van der Waals surface area contributed by atoms with Crippen molar-refractivity contribution in [2.45, 2.75) is 0 Å². The van der Waals surface area contributed by atoms with Crippen LogP contribution in [0.1, 0.15) is 0 Å². The average Bonchev–Trinajstić information content (AvgIpc) is 2.53. The van der Waals surface area contributed by atoms with E-state index < -0.39 is 0 Å². The number of nitrogens with zero attached hydrogens (tertiary/aromatic N) is 2. The van der Waals surface area contributed by atoms with Gasteiger partial charge in [0.15, 0.2) is 17.3 Å². The van der Waals surface area contributed by atoms with Gasteiger partial charge in [-0.3, -0.25) is 0 Å². The highest BCUT2D eigenvalue weighted by Gasteiger charge is 2.09. The molecule has 4 nitrogen and oxygen atoms in total. The molecule has 2 aromatic carbocycles. The number of rotatable bonds is 3. The summed E-state index contributed by atoms with van der Waals surface area (Å²) < 4.78 is 10.6. The molecule has 0 amide bonds. The van der Waals surface area contributed by atoms with Crippen molar-refractivity contribution in [2.24, 2.45) is 0 Å². The summed E-state index contributed by atoms with van der Waals surface area (Å²) in [5.74, 6) is 1.95. The van der Waals surface area contributed by atoms with Gasteiger partial charge in [0.25, 0.3) is 0 Å². The Bertz CT molecular complexity index is 788. The maximum Gasteiger partial charge on any atom is 0.162 e. The minimum Gasteiger partial charge on any atom is -0.493 e. The Morgan fingerprint density at radius 1 is 0.952 bits per heavy atom. The Hall–Kier alpha value is -2.33. The minimum absolute atomic E-state index is 0.644. The highest BCUT2D eigenvalue weighted by molar-refractivity contribution is 6.30. The average molecular weight is 301 g/mol. The molecule has 21 heavy (non-hydrogen) atoms. The van der Waals surface area contributed by atoms with E-state index in [0.29, 0.717) is 22.3 Å². The molecule has 0 saturated carbocycles. The number of aromatic nitrogens is 2. The molecule has 0 aliphatic carbocycles. The molecule has 3 aromatic rings. The van der Waals surface area contributed by atoms with Crippen LogP contribution in [0.4, 0.5) is 0 Å². The van der Waals surface area contributed by atoms with Gasteiger partial charge in [-0.2, -0.15) is 0 Å². The Balaban J connectivity index is 2.13. The van der Waals surface area contributed by atoms with Crippen LogP contribution in [0.5, 0.6) is 11.5 Å². The third-order valence-corrected chi connectivity index (χ3v) is 3.44. The van der Waals surface area contributed by atoms with Gasteiger partial charge >= 0.3 is 0 Å². The molecule has 0 atom stereocenters. The van der Waals surface area contributed by atoms with Gasteiger partial charge in [-0.1, -0.05) is 11.6 Å². The van der Waals surface area contributed by atoms with Gasteiger partial charge in [0.2, 0.25) is 0 Å². The summed E-state index contributed by atoms with van der Waals surface area (Å²) in [7, 11) is 3.21. The van der Waals surface area contributed by atoms with E-state index in [9.17, 15) is 0 Å². The second-order valence-corrected chi connectivity index (χ2v) is 4.90. The summed E-state index contributed by atoms with van der Waals surface area (Å²) in [4.78, 5) is 8.96. The van der Waals surface area contributed by atoms with E-state index in [2.05, 4.69) is 9.97 Å².